The van der Waals surface area contributed by atoms with Gasteiger partial charge in [0.1, 0.15) is 10.7 Å². The number of anilines is 1. The van der Waals surface area contributed by atoms with E-state index in [9.17, 15) is 12.8 Å². The summed E-state index contributed by atoms with van der Waals surface area (Å²) in [4.78, 5) is -0.517. The Morgan fingerprint density at radius 1 is 1.14 bits per heavy atom. The lowest BCUT2D eigenvalue weighted by Crippen LogP contribution is -2.15. The summed E-state index contributed by atoms with van der Waals surface area (Å²) in [6.07, 6.45) is 0. The molecule has 0 aliphatic rings. The Morgan fingerprint density at radius 3 is 2.33 bits per heavy atom. The highest BCUT2D eigenvalue weighted by Gasteiger charge is 2.21. The second-order valence-electron chi connectivity index (χ2n) is 4.13. The number of nitrogens with one attached hydrogen (secondary N) is 1. The molecule has 0 saturated heterocycles. The molecule has 21 heavy (non-hydrogen) atoms. The number of halogens is 3. The topological polar surface area (TPSA) is 66.4 Å². The number of para-hydroxylation sites is 1. The summed E-state index contributed by atoms with van der Waals surface area (Å²) in [5, 5.41) is 9.04. The minimum atomic E-state index is -4.12. The molecule has 0 bridgehead atoms. The maximum Gasteiger partial charge on any atom is 0.264 e. The molecule has 0 aromatic heterocycles. The molecule has 2 aromatic carbocycles. The molecule has 0 radical (unpaired) electrons. The van der Waals surface area contributed by atoms with E-state index in [-0.39, 0.29) is 12.3 Å². The van der Waals surface area contributed by atoms with Crippen LogP contribution in [0.25, 0.3) is 0 Å². The number of benzene rings is 2. The molecule has 0 amide bonds. The van der Waals surface area contributed by atoms with E-state index in [1.165, 1.54) is 6.07 Å². The predicted molar refractivity (Wildman–Crippen MR) is 85.0 cm³/mol. The minimum Gasteiger partial charge on any atom is -0.392 e. The van der Waals surface area contributed by atoms with Gasteiger partial charge in [0.25, 0.3) is 10.0 Å². The molecule has 8 heteroatoms. The van der Waals surface area contributed by atoms with Gasteiger partial charge in [-0.05, 0) is 61.7 Å². The van der Waals surface area contributed by atoms with E-state index in [1.54, 1.807) is 18.2 Å². The number of aliphatic hydroxyl groups excluding tert-OH is 1. The van der Waals surface area contributed by atoms with Gasteiger partial charge in [-0.15, -0.1) is 0 Å². The first kappa shape index (κ1) is 16.4. The van der Waals surface area contributed by atoms with E-state index < -0.39 is 20.7 Å². The maximum atomic E-state index is 13.8. The first-order valence-electron chi connectivity index (χ1n) is 5.71. The van der Waals surface area contributed by atoms with Crippen molar-refractivity contribution in [2.24, 2.45) is 0 Å². The van der Waals surface area contributed by atoms with Crippen molar-refractivity contribution < 1.29 is 17.9 Å². The molecule has 0 atom stereocenters. The summed E-state index contributed by atoms with van der Waals surface area (Å²) in [5.41, 5.74) is 0.578. The Balaban J connectivity index is 2.48. The van der Waals surface area contributed by atoms with Gasteiger partial charge in [0.2, 0.25) is 0 Å². The number of hydrogen-bond acceptors (Lipinski definition) is 3. The lowest BCUT2D eigenvalue weighted by Gasteiger charge is -2.12. The molecule has 0 aliphatic carbocycles. The maximum absolute atomic E-state index is 13.8. The Labute approximate surface area is 138 Å². The second kappa shape index (κ2) is 6.43. The van der Waals surface area contributed by atoms with Gasteiger partial charge in [-0.1, -0.05) is 12.1 Å². The van der Waals surface area contributed by atoms with E-state index in [0.717, 1.165) is 12.1 Å². The van der Waals surface area contributed by atoms with Crippen molar-refractivity contribution in [3.63, 3.8) is 0 Å². The van der Waals surface area contributed by atoms with E-state index in [2.05, 4.69) is 36.6 Å². The Hall–Kier alpha value is -0.960. The summed E-state index contributed by atoms with van der Waals surface area (Å²) in [5.74, 6) is -0.886. The standard InChI is InChI=1S/C13H10Br2FNO3S/c14-9-2-1-3-10(15)13(9)17-21(19,20)12-6-8(7-18)4-5-11(12)16/h1-6,17-18H,7H2. The first-order chi connectivity index (χ1) is 9.85. The van der Waals surface area contributed by atoms with E-state index in [0.29, 0.717) is 14.5 Å². The number of hydrogen-bond donors (Lipinski definition) is 2. The summed E-state index contributed by atoms with van der Waals surface area (Å²) in [6.45, 7) is -0.373. The largest absolute Gasteiger partial charge is 0.392 e. The number of rotatable bonds is 4. The molecule has 0 aliphatic heterocycles. The van der Waals surface area contributed by atoms with Crippen LogP contribution in [0, 0.1) is 5.82 Å². The minimum absolute atomic E-state index is 0.270. The van der Waals surface area contributed by atoms with Crippen molar-refractivity contribution in [1.82, 2.24) is 0 Å². The third-order valence-corrected chi connectivity index (χ3v) is 5.35. The van der Waals surface area contributed by atoms with Gasteiger partial charge in [-0.2, -0.15) is 0 Å². The molecule has 2 rings (SSSR count). The zero-order chi connectivity index (χ0) is 15.6. The number of aliphatic hydroxyl groups is 1. The normalized spacial score (nSPS) is 11.4. The fourth-order valence-electron chi connectivity index (χ4n) is 1.64. The molecular formula is C13H10Br2FNO3S. The van der Waals surface area contributed by atoms with Crippen LogP contribution in [0.1, 0.15) is 5.56 Å². The molecule has 2 N–H and O–H groups in total. The smallest absolute Gasteiger partial charge is 0.264 e. The van der Waals surface area contributed by atoms with Gasteiger partial charge >= 0.3 is 0 Å². The summed E-state index contributed by atoms with van der Waals surface area (Å²) >= 11 is 6.46. The monoisotopic (exact) mass is 437 g/mol. The van der Waals surface area contributed by atoms with Crippen molar-refractivity contribution in [3.05, 3.63) is 56.7 Å². The van der Waals surface area contributed by atoms with Crippen LogP contribution in [0.4, 0.5) is 10.1 Å². The third kappa shape index (κ3) is 3.63. The zero-order valence-electron chi connectivity index (χ0n) is 10.5. The van der Waals surface area contributed by atoms with Crippen LogP contribution in [-0.2, 0) is 16.6 Å². The zero-order valence-corrected chi connectivity index (χ0v) is 14.5. The highest BCUT2D eigenvalue weighted by atomic mass is 79.9. The van der Waals surface area contributed by atoms with E-state index in [1.807, 2.05) is 0 Å². The highest BCUT2D eigenvalue weighted by molar-refractivity contribution is 9.11. The summed E-state index contributed by atoms with van der Waals surface area (Å²) in [6, 6.07) is 8.46. The van der Waals surface area contributed by atoms with Crippen molar-refractivity contribution >= 4 is 47.6 Å². The third-order valence-electron chi connectivity index (χ3n) is 2.67. The average Bonchev–Trinajstić information content (AvgIpc) is 2.43. The van der Waals surface area contributed by atoms with Gasteiger partial charge in [0.05, 0.1) is 12.3 Å². The van der Waals surface area contributed by atoms with Gasteiger partial charge in [0, 0.05) is 8.95 Å². The Kier molecular flexibility index (Phi) is 5.03. The van der Waals surface area contributed by atoms with Crippen molar-refractivity contribution in [2.75, 3.05) is 4.72 Å². The van der Waals surface area contributed by atoms with E-state index in [4.69, 9.17) is 5.11 Å². The van der Waals surface area contributed by atoms with Gasteiger partial charge in [0.15, 0.2) is 0 Å². The lowest BCUT2D eigenvalue weighted by molar-refractivity contribution is 0.281. The summed E-state index contributed by atoms with van der Waals surface area (Å²) in [7, 11) is -4.12. The van der Waals surface area contributed by atoms with Crippen LogP contribution in [0.5, 0.6) is 0 Å². The van der Waals surface area contributed by atoms with Crippen LogP contribution in [0.3, 0.4) is 0 Å². The van der Waals surface area contributed by atoms with Gasteiger partial charge in [-0.25, -0.2) is 12.8 Å². The van der Waals surface area contributed by atoms with Gasteiger partial charge < -0.3 is 5.11 Å². The van der Waals surface area contributed by atoms with Crippen LogP contribution in [-0.4, -0.2) is 13.5 Å². The Bertz CT molecular complexity index is 761. The van der Waals surface area contributed by atoms with Crippen molar-refractivity contribution in [1.29, 1.82) is 0 Å². The van der Waals surface area contributed by atoms with Crippen LogP contribution in [0.2, 0.25) is 0 Å². The molecule has 0 fully saturated rings. The SMILES string of the molecule is O=S(=O)(Nc1c(Br)cccc1Br)c1cc(CO)ccc1F. The molecular weight excluding hydrogens is 429 g/mol. The molecule has 4 nitrogen and oxygen atoms in total. The summed E-state index contributed by atoms with van der Waals surface area (Å²) < 4.78 is 41.8. The molecule has 0 unspecified atom stereocenters. The molecule has 2 aromatic rings. The predicted octanol–water partition coefficient (Wildman–Crippen LogP) is 3.64. The van der Waals surface area contributed by atoms with Crippen LogP contribution < -0.4 is 4.72 Å². The molecule has 0 heterocycles. The van der Waals surface area contributed by atoms with Crippen LogP contribution in [0.15, 0.2) is 50.2 Å². The fraction of sp³-hybridized carbons (Fsp3) is 0.0769. The lowest BCUT2D eigenvalue weighted by atomic mass is 10.2. The molecule has 0 spiro atoms. The fourth-order valence-corrected chi connectivity index (χ4v) is 4.33. The molecule has 112 valence electrons. The van der Waals surface area contributed by atoms with Crippen molar-refractivity contribution in [3.8, 4) is 0 Å². The quantitative estimate of drug-likeness (QED) is 0.765. The van der Waals surface area contributed by atoms with Crippen LogP contribution >= 0.6 is 31.9 Å². The first-order valence-corrected chi connectivity index (χ1v) is 8.78. The Morgan fingerprint density at radius 2 is 1.76 bits per heavy atom. The molecule has 0 saturated carbocycles. The van der Waals surface area contributed by atoms with Gasteiger partial charge in [-0.3, -0.25) is 4.72 Å². The van der Waals surface area contributed by atoms with Crippen molar-refractivity contribution in [2.45, 2.75) is 11.5 Å². The average molecular weight is 439 g/mol. The second-order valence-corrected chi connectivity index (χ2v) is 7.48. The highest BCUT2D eigenvalue weighted by Crippen LogP contribution is 2.32. The van der Waals surface area contributed by atoms with E-state index >= 15 is 0 Å². The number of sulfonamides is 1.